The van der Waals surface area contributed by atoms with E-state index in [1.807, 2.05) is 0 Å². The van der Waals surface area contributed by atoms with Crippen LogP contribution in [0.1, 0.15) is 19.8 Å². The molecule has 1 unspecified atom stereocenters. The molecule has 7 heteroatoms. The fourth-order valence-electron chi connectivity index (χ4n) is 0.889. The number of rotatable bonds is 6. The Morgan fingerprint density at radius 2 is 1.93 bits per heavy atom. The van der Waals surface area contributed by atoms with Crippen LogP contribution < -0.4 is 5.73 Å². The quantitative estimate of drug-likeness (QED) is 0.611. The molecule has 0 aromatic rings. The Bertz CT molecular complexity index is 335. The third-order valence-corrected chi connectivity index (χ3v) is 4.09. The van der Waals surface area contributed by atoms with Crippen LogP contribution in [0.15, 0.2) is 0 Å². The first-order chi connectivity index (χ1) is 6.79. The number of hydrogen-bond donors (Lipinski definition) is 1. The van der Waals surface area contributed by atoms with Crippen LogP contribution in [-0.4, -0.2) is 38.4 Å². The van der Waals surface area contributed by atoms with Gasteiger partial charge in [-0.1, -0.05) is 0 Å². The Morgan fingerprint density at radius 1 is 1.40 bits per heavy atom. The van der Waals surface area contributed by atoms with E-state index >= 15 is 0 Å². The average molecular weight is 237 g/mol. The number of carbonyl (C=O) groups is 2. The SMILES string of the molecule is COC(=O)CC(C)S(=O)(=O)CCC(N)=O. The molecule has 1 atom stereocenters. The Balaban J connectivity index is 4.33. The van der Waals surface area contributed by atoms with Crippen LogP contribution in [0.5, 0.6) is 0 Å². The number of ether oxygens (including phenoxy) is 1. The highest BCUT2D eigenvalue weighted by Gasteiger charge is 2.24. The van der Waals surface area contributed by atoms with Crippen LogP contribution in [0.2, 0.25) is 0 Å². The zero-order valence-corrected chi connectivity index (χ0v) is 9.54. The molecule has 0 fully saturated rings. The molecule has 0 heterocycles. The summed E-state index contributed by atoms with van der Waals surface area (Å²) in [5.41, 5.74) is 4.83. The number of carbonyl (C=O) groups excluding carboxylic acids is 2. The Kier molecular flexibility index (Phi) is 5.27. The third-order valence-electron chi connectivity index (χ3n) is 1.93. The molecule has 0 saturated heterocycles. The van der Waals surface area contributed by atoms with E-state index in [4.69, 9.17) is 5.73 Å². The summed E-state index contributed by atoms with van der Waals surface area (Å²) in [6.45, 7) is 1.40. The number of methoxy groups -OCH3 is 1. The lowest BCUT2D eigenvalue weighted by Gasteiger charge is -2.10. The smallest absolute Gasteiger partial charge is 0.306 e. The monoisotopic (exact) mass is 237 g/mol. The highest BCUT2D eigenvalue weighted by atomic mass is 32.2. The number of esters is 1. The van der Waals surface area contributed by atoms with E-state index in [2.05, 4.69) is 4.74 Å². The van der Waals surface area contributed by atoms with Crippen molar-refractivity contribution in [3.05, 3.63) is 0 Å². The Morgan fingerprint density at radius 3 is 2.33 bits per heavy atom. The second-order valence-electron chi connectivity index (χ2n) is 3.17. The van der Waals surface area contributed by atoms with E-state index in [9.17, 15) is 18.0 Å². The van der Waals surface area contributed by atoms with Crippen molar-refractivity contribution >= 4 is 21.7 Å². The van der Waals surface area contributed by atoms with Crippen molar-refractivity contribution in [3.8, 4) is 0 Å². The Labute approximate surface area is 88.7 Å². The van der Waals surface area contributed by atoms with Gasteiger partial charge in [0.05, 0.1) is 24.5 Å². The summed E-state index contributed by atoms with van der Waals surface area (Å²) in [4.78, 5) is 21.2. The molecule has 0 aliphatic carbocycles. The summed E-state index contributed by atoms with van der Waals surface area (Å²) in [6, 6.07) is 0. The zero-order chi connectivity index (χ0) is 12.1. The topological polar surface area (TPSA) is 104 Å². The first-order valence-corrected chi connectivity index (χ1v) is 6.08. The van der Waals surface area contributed by atoms with Gasteiger partial charge in [-0.2, -0.15) is 0 Å². The lowest BCUT2D eigenvalue weighted by atomic mass is 10.3. The van der Waals surface area contributed by atoms with Crippen molar-refractivity contribution in [2.45, 2.75) is 25.0 Å². The molecule has 0 spiro atoms. The maximum atomic E-state index is 11.5. The Hall–Kier alpha value is -1.11. The maximum Gasteiger partial charge on any atom is 0.306 e. The van der Waals surface area contributed by atoms with Crippen molar-refractivity contribution < 1.29 is 22.7 Å². The van der Waals surface area contributed by atoms with Gasteiger partial charge in [0.15, 0.2) is 9.84 Å². The number of primary amides is 1. The van der Waals surface area contributed by atoms with Gasteiger partial charge in [0.1, 0.15) is 0 Å². The van der Waals surface area contributed by atoms with Crippen molar-refractivity contribution in [2.75, 3.05) is 12.9 Å². The average Bonchev–Trinajstić information content (AvgIpc) is 2.14. The first-order valence-electron chi connectivity index (χ1n) is 4.36. The second kappa shape index (κ2) is 5.69. The largest absolute Gasteiger partial charge is 0.469 e. The summed E-state index contributed by atoms with van der Waals surface area (Å²) in [5, 5.41) is -0.857. The fourth-order valence-corrected chi connectivity index (χ4v) is 2.17. The lowest BCUT2D eigenvalue weighted by Crippen LogP contribution is -2.27. The zero-order valence-electron chi connectivity index (χ0n) is 8.73. The van der Waals surface area contributed by atoms with Crippen molar-refractivity contribution in [1.82, 2.24) is 0 Å². The molecular formula is C8H15NO5S. The number of amides is 1. The second-order valence-corrected chi connectivity index (χ2v) is 5.71. The minimum Gasteiger partial charge on any atom is -0.469 e. The number of sulfone groups is 1. The summed E-state index contributed by atoms with van der Waals surface area (Å²) >= 11 is 0. The fraction of sp³-hybridized carbons (Fsp3) is 0.750. The van der Waals surface area contributed by atoms with Gasteiger partial charge in [-0.25, -0.2) is 8.42 Å². The van der Waals surface area contributed by atoms with Gasteiger partial charge < -0.3 is 10.5 Å². The van der Waals surface area contributed by atoms with E-state index in [0.29, 0.717) is 0 Å². The van der Waals surface area contributed by atoms with Gasteiger partial charge in [0.25, 0.3) is 0 Å². The van der Waals surface area contributed by atoms with E-state index in [-0.39, 0.29) is 18.6 Å². The third kappa shape index (κ3) is 5.36. The minimum atomic E-state index is -3.46. The molecular weight excluding hydrogens is 222 g/mol. The van der Waals surface area contributed by atoms with Crippen LogP contribution in [0.4, 0.5) is 0 Å². The number of nitrogens with two attached hydrogens (primary N) is 1. The molecule has 0 aromatic heterocycles. The summed E-state index contributed by atoms with van der Waals surface area (Å²) in [6.07, 6.45) is -0.439. The molecule has 0 radical (unpaired) electrons. The van der Waals surface area contributed by atoms with Crippen LogP contribution >= 0.6 is 0 Å². The van der Waals surface area contributed by atoms with Crippen LogP contribution in [-0.2, 0) is 24.2 Å². The molecule has 88 valence electrons. The van der Waals surface area contributed by atoms with Gasteiger partial charge in [0, 0.05) is 6.42 Å². The molecule has 15 heavy (non-hydrogen) atoms. The van der Waals surface area contributed by atoms with Crippen LogP contribution in [0.3, 0.4) is 0 Å². The predicted molar refractivity (Wildman–Crippen MR) is 53.7 cm³/mol. The van der Waals surface area contributed by atoms with Gasteiger partial charge in [-0.3, -0.25) is 9.59 Å². The molecule has 0 bridgehead atoms. The molecule has 1 amide bonds. The molecule has 0 saturated carbocycles. The van der Waals surface area contributed by atoms with E-state index in [1.54, 1.807) is 0 Å². The molecule has 0 rings (SSSR count). The summed E-state index contributed by atoms with van der Waals surface area (Å²) in [7, 11) is -2.28. The van der Waals surface area contributed by atoms with E-state index in [1.165, 1.54) is 14.0 Å². The summed E-state index contributed by atoms with van der Waals surface area (Å²) < 4.78 is 27.3. The summed E-state index contributed by atoms with van der Waals surface area (Å²) in [5.74, 6) is -1.60. The predicted octanol–water partition coefficient (Wildman–Crippen LogP) is -0.772. The number of hydrogen-bond acceptors (Lipinski definition) is 5. The van der Waals surface area contributed by atoms with Crippen LogP contribution in [0, 0.1) is 0 Å². The normalized spacial score (nSPS) is 13.2. The molecule has 6 nitrogen and oxygen atoms in total. The van der Waals surface area contributed by atoms with Crippen LogP contribution in [0.25, 0.3) is 0 Å². The lowest BCUT2D eigenvalue weighted by molar-refractivity contribution is -0.140. The molecule has 0 aromatic carbocycles. The van der Waals surface area contributed by atoms with E-state index in [0.717, 1.165) is 0 Å². The highest BCUT2D eigenvalue weighted by molar-refractivity contribution is 7.92. The van der Waals surface area contributed by atoms with Gasteiger partial charge in [-0.05, 0) is 6.92 Å². The van der Waals surface area contributed by atoms with Crippen molar-refractivity contribution in [1.29, 1.82) is 0 Å². The minimum absolute atomic E-state index is 0.211. The van der Waals surface area contributed by atoms with Gasteiger partial charge in [-0.15, -0.1) is 0 Å². The van der Waals surface area contributed by atoms with Crippen molar-refractivity contribution in [3.63, 3.8) is 0 Å². The van der Waals surface area contributed by atoms with Crippen molar-refractivity contribution in [2.24, 2.45) is 5.73 Å². The first kappa shape index (κ1) is 13.9. The highest BCUT2D eigenvalue weighted by Crippen LogP contribution is 2.08. The molecule has 2 N–H and O–H groups in total. The van der Waals surface area contributed by atoms with Gasteiger partial charge >= 0.3 is 5.97 Å². The van der Waals surface area contributed by atoms with Gasteiger partial charge in [0.2, 0.25) is 5.91 Å². The molecule has 0 aliphatic heterocycles. The molecule has 0 aliphatic rings. The maximum absolute atomic E-state index is 11.5. The van der Waals surface area contributed by atoms with E-state index < -0.39 is 27.0 Å². The standard InChI is InChI=1S/C8H15NO5S/c1-6(5-8(11)14-2)15(12,13)4-3-7(9)10/h6H,3-5H2,1-2H3,(H2,9,10).